The number of aryl methyl sites for hydroxylation is 1. The van der Waals surface area contributed by atoms with Crippen molar-refractivity contribution in [3.63, 3.8) is 0 Å². The van der Waals surface area contributed by atoms with Crippen LogP contribution in [0.3, 0.4) is 0 Å². The van der Waals surface area contributed by atoms with Gasteiger partial charge in [0.15, 0.2) is 0 Å². The minimum Gasteiger partial charge on any atom is -0.489 e. The van der Waals surface area contributed by atoms with Crippen LogP contribution < -0.4 is 15.4 Å². The monoisotopic (exact) mass is 374 g/mol. The number of hydrogen-bond acceptors (Lipinski definition) is 3. The molecule has 0 aromatic heterocycles. The lowest BCUT2D eigenvalue weighted by molar-refractivity contribution is -0.121. The van der Waals surface area contributed by atoms with Gasteiger partial charge in [-0.1, -0.05) is 42.0 Å². The summed E-state index contributed by atoms with van der Waals surface area (Å²) in [7, 11) is 0. The number of halogens is 1. The number of carbonyl (C=O) groups is 1. The lowest BCUT2D eigenvalue weighted by Gasteiger charge is -2.23. The van der Waals surface area contributed by atoms with Gasteiger partial charge in [-0.3, -0.25) is 4.79 Å². The Balaban J connectivity index is 0.00000243. The number of hydrogen-bond donors (Lipinski definition) is 2. The van der Waals surface area contributed by atoms with Crippen molar-refractivity contribution in [3.8, 4) is 5.75 Å². The van der Waals surface area contributed by atoms with Gasteiger partial charge in [-0.05, 0) is 49.6 Å². The maximum absolute atomic E-state index is 12.2. The van der Waals surface area contributed by atoms with Crippen molar-refractivity contribution in [1.29, 1.82) is 0 Å². The van der Waals surface area contributed by atoms with Crippen LogP contribution in [0.25, 0.3) is 0 Å². The average Bonchev–Trinajstić information content (AvgIpc) is 2.61. The maximum atomic E-state index is 12.2. The van der Waals surface area contributed by atoms with Crippen LogP contribution in [0.15, 0.2) is 48.5 Å². The second-order valence-electron chi connectivity index (χ2n) is 6.71. The molecule has 5 heteroatoms. The first-order valence-corrected chi connectivity index (χ1v) is 8.96. The number of ether oxygens (including phenoxy) is 1. The summed E-state index contributed by atoms with van der Waals surface area (Å²) >= 11 is 0. The van der Waals surface area contributed by atoms with Gasteiger partial charge in [-0.25, -0.2) is 0 Å². The molecule has 4 nitrogen and oxygen atoms in total. The number of amides is 1. The summed E-state index contributed by atoms with van der Waals surface area (Å²) in [4.78, 5) is 12.2. The Hall–Kier alpha value is -2.04. The Kier molecular flexibility index (Phi) is 7.95. The van der Waals surface area contributed by atoms with Crippen molar-refractivity contribution >= 4 is 18.3 Å². The topological polar surface area (TPSA) is 50.4 Å². The molecule has 2 aromatic rings. The second-order valence-corrected chi connectivity index (χ2v) is 6.71. The summed E-state index contributed by atoms with van der Waals surface area (Å²) in [5.74, 6) is 0.871. The van der Waals surface area contributed by atoms with E-state index in [4.69, 9.17) is 4.74 Å². The van der Waals surface area contributed by atoms with Gasteiger partial charge >= 0.3 is 0 Å². The Morgan fingerprint density at radius 1 is 1.19 bits per heavy atom. The fourth-order valence-corrected chi connectivity index (χ4v) is 3.15. The van der Waals surface area contributed by atoms with E-state index >= 15 is 0 Å². The molecule has 2 aromatic carbocycles. The molecule has 0 radical (unpaired) electrons. The van der Waals surface area contributed by atoms with E-state index in [0.717, 1.165) is 42.8 Å². The van der Waals surface area contributed by atoms with E-state index < -0.39 is 0 Å². The molecule has 1 amide bonds. The summed E-state index contributed by atoms with van der Waals surface area (Å²) in [5, 5.41) is 6.42. The number of rotatable bonds is 6. The maximum Gasteiger partial charge on any atom is 0.224 e. The minimum absolute atomic E-state index is 0. The van der Waals surface area contributed by atoms with E-state index in [1.807, 2.05) is 30.3 Å². The van der Waals surface area contributed by atoms with Crippen LogP contribution in [0.5, 0.6) is 5.75 Å². The Morgan fingerprint density at radius 3 is 2.77 bits per heavy atom. The smallest absolute Gasteiger partial charge is 0.224 e. The molecule has 26 heavy (non-hydrogen) atoms. The van der Waals surface area contributed by atoms with E-state index in [9.17, 15) is 4.79 Å². The third-order valence-corrected chi connectivity index (χ3v) is 4.41. The van der Waals surface area contributed by atoms with Crippen molar-refractivity contribution in [1.82, 2.24) is 10.6 Å². The third kappa shape index (κ3) is 6.36. The van der Waals surface area contributed by atoms with Gasteiger partial charge in [0.25, 0.3) is 0 Å². The number of carbonyl (C=O) groups excluding carboxylic acids is 1. The molecule has 2 N–H and O–H groups in total. The van der Waals surface area contributed by atoms with Crippen LogP contribution in [-0.4, -0.2) is 25.0 Å². The summed E-state index contributed by atoms with van der Waals surface area (Å²) in [6.07, 6.45) is 2.56. The number of piperidine rings is 1. The van der Waals surface area contributed by atoms with Gasteiger partial charge in [-0.2, -0.15) is 0 Å². The fraction of sp³-hybridized carbons (Fsp3) is 0.381. The summed E-state index contributed by atoms with van der Waals surface area (Å²) < 4.78 is 5.88. The first-order chi connectivity index (χ1) is 12.2. The highest BCUT2D eigenvalue weighted by Gasteiger charge is 2.15. The molecule has 1 heterocycles. The van der Waals surface area contributed by atoms with Gasteiger partial charge in [0.1, 0.15) is 12.4 Å². The molecule has 1 aliphatic heterocycles. The molecule has 140 valence electrons. The molecule has 3 rings (SSSR count). The highest BCUT2D eigenvalue weighted by molar-refractivity contribution is 5.85. The lowest BCUT2D eigenvalue weighted by atomic mass is 10.1. The normalized spacial score (nSPS) is 16.4. The molecule has 0 saturated carbocycles. The van der Waals surface area contributed by atoms with E-state index in [-0.39, 0.29) is 24.4 Å². The van der Waals surface area contributed by atoms with Crippen molar-refractivity contribution in [3.05, 3.63) is 65.2 Å². The van der Waals surface area contributed by atoms with Crippen LogP contribution in [0.1, 0.15) is 29.5 Å². The largest absolute Gasteiger partial charge is 0.489 e. The summed E-state index contributed by atoms with van der Waals surface area (Å²) in [5.41, 5.74) is 3.35. The van der Waals surface area contributed by atoms with Gasteiger partial charge in [0.05, 0.1) is 6.42 Å². The predicted molar refractivity (Wildman–Crippen MR) is 107 cm³/mol. The zero-order valence-corrected chi connectivity index (χ0v) is 16.0. The highest BCUT2D eigenvalue weighted by atomic mass is 35.5. The van der Waals surface area contributed by atoms with Crippen LogP contribution in [0.2, 0.25) is 0 Å². The first-order valence-electron chi connectivity index (χ1n) is 8.96. The van der Waals surface area contributed by atoms with Gasteiger partial charge in [-0.15, -0.1) is 12.4 Å². The van der Waals surface area contributed by atoms with Crippen LogP contribution in [0, 0.1) is 6.92 Å². The molecular weight excluding hydrogens is 348 g/mol. The third-order valence-electron chi connectivity index (χ3n) is 4.41. The van der Waals surface area contributed by atoms with Gasteiger partial charge in [0.2, 0.25) is 5.91 Å². The highest BCUT2D eigenvalue weighted by Crippen LogP contribution is 2.16. The van der Waals surface area contributed by atoms with Crippen molar-refractivity contribution in [2.45, 2.75) is 38.8 Å². The van der Waals surface area contributed by atoms with Crippen LogP contribution in [-0.2, 0) is 17.8 Å². The zero-order valence-electron chi connectivity index (χ0n) is 15.2. The molecule has 1 aliphatic rings. The molecule has 0 bridgehead atoms. The minimum atomic E-state index is 0. The molecule has 1 unspecified atom stereocenters. The van der Waals surface area contributed by atoms with Crippen molar-refractivity contribution < 1.29 is 9.53 Å². The molecule has 1 atom stereocenters. The standard InChI is InChI=1S/C21H26N2O2.ClH/c1-16-5-2-7-18(11-16)15-25-20-9-3-6-17(12-20)13-21(24)23-19-8-4-10-22-14-19;/h2-3,5-7,9,11-12,19,22H,4,8,10,13-15H2,1H3,(H,23,24);1H. The molecule has 1 saturated heterocycles. The average molecular weight is 375 g/mol. The molecule has 0 spiro atoms. The predicted octanol–water partition coefficient (Wildman–Crippen LogP) is 3.41. The summed E-state index contributed by atoms with van der Waals surface area (Å²) in [6, 6.07) is 16.3. The Bertz CT molecular complexity index is 715. The Morgan fingerprint density at radius 2 is 2.00 bits per heavy atom. The number of nitrogens with one attached hydrogen (secondary N) is 2. The summed E-state index contributed by atoms with van der Waals surface area (Å²) in [6.45, 7) is 4.52. The van der Waals surface area contributed by atoms with E-state index in [1.54, 1.807) is 0 Å². The molecule has 0 aliphatic carbocycles. The molecular formula is C21H27ClN2O2. The van der Waals surface area contributed by atoms with E-state index in [2.05, 4.69) is 35.8 Å². The second kappa shape index (κ2) is 10.2. The van der Waals surface area contributed by atoms with Crippen molar-refractivity contribution in [2.24, 2.45) is 0 Å². The Labute approximate surface area is 161 Å². The quantitative estimate of drug-likeness (QED) is 0.814. The first kappa shape index (κ1) is 20.3. The SMILES string of the molecule is Cc1cccc(COc2cccc(CC(=O)NC3CCCNC3)c2)c1.Cl. The van der Waals surface area contributed by atoms with Gasteiger partial charge in [0, 0.05) is 12.6 Å². The number of benzene rings is 2. The van der Waals surface area contributed by atoms with Gasteiger partial charge < -0.3 is 15.4 Å². The van der Waals surface area contributed by atoms with E-state index in [0.29, 0.717) is 13.0 Å². The molecule has 1 fully saturated rings. The fourth-order valence-electron chi connectivity index (χ4n) is 3.15. The van der Waals surface area contributed by atoms with E-state index in [1.165, 1.54) is 5.56 Å². The van der Waals surface area contributed by atoms with Crippen molar-refractivity contribution in [2.75, 3.05) is 13.1 Å². The van der Waals surface area contributed by atoms with Crippen LogP contribution in [0.4, 0.5) is 0 Å². The van der Waals surface area contributed by atoms with Crippen LogP contribution >= 0.6 is 12.4 Å². The lowest BCUT2D eigenvalue weighted by Crippen LogP contribution is -2.46. The zero-order chi connectivity index (χ0) is 17.5.